The second-order valence-corrected chi connectivity index (χ2v) is 4.07. The van der Waals surface area contributed by atoms with Crippen molar-refractivity contribution in [2.24, 2.45) is 0 Å². The zero-order valence-corrected chi connectivity index (χ0v) is 11.9. The highest BCUT2D eigenvalue weighted by Gasteiger charge is 2.03. The minimum Gasteiger partial charge on any atom is -0.275 e. The van der Waals surface area contributed by atoms with E-state index in [9.17, 15) is 0 Å². The van der Waals surface area contributed by atoms with Gasteiger partial charge in [-0.05, 0) is 24.1 Å². The summed E-state index contributed by atoms with van der Waals surface area (Å²) in [5.41, 5.74) is 4.01. The summed E-state index contributed by atoms with van der Waals surface area (Å²) in [7, 11) is 0.167. The fourth-order valence-corrected chi connectivity index (χ4v) is 1.61. The molecule has 0 atom stereocenters. The molecule has 20 heavy (non-hydrogen) atoms. The Hall–Kier alpha value is -1.91. The van der Waals surface area contributed by atoms with E-state index in [4.69, 9.17) is 9.83 Å². The van der Waals surface area contributed by atoms with Crippen molar-refractivity contribution < 1.29 is 4.57 Å². The summed E-state index contributed by atoms with van der Waals surface area (Å²) in [5, 5.41) is 9.02. The first-order valence-electron chi connectivity index (χ1n) is 5.50. The van der Waals surface area contributed by atoms with E-state index < -0.39 is 0 Å². The summed E-state index contributed by atoms with van der Waals surface area (Å²) in [6.45, 7) is 3.58. The van der Waals surface area contributed by atoms with Gasteiger partial charge in [-0.1, -0.05) is 55.5 Å². The molecule has 0 saturated heterocycles. The van der Waals surface area contributed by atoms with Gasteiger partial charge in [-0.15, -0.1) is 0 Å². The predicted molar refractivity (Wildman–Crippen MR) is 87.3 cm³/mol. The summed E-state index contributed by atoms with van der Waals surface area (Å²) in [5.74, 6) is 0. The van der Waals surface area contributed by atoms with Crippen LogP contribution in [0.15, 0.2) is 48.5 Å². The van der Waals surface area contributed by atoms with Gasteiger partial charge in [0.25, 0.3) is 0 Å². The molecule has 2 aromatic carbocycles. The Morgan fingerprint density at radius 1 is 1.10 bits per heavy atom. The average molecular weight is 282 g/mol. The fourth-order valence-electron chi connectivity index (χ4n) is 1.61. The second-order valence-electron chi connectivity index (χ2n) is 3.71. The molecule has 0 saturated carbocycles. The number of nitriles is 1. The van der Waals surface area contributed by atoms with Crippen molar-refractivity contribution in [3.05, 3.63) is 59.7 Å². The molecule has 3 radical (unpaired) electrons. The van der Waals surface area contributed by atoms with E-state index in [1.807, 2.05) is 55.5 Å². The molecule has 0 unspecified atom stereocenters. The van der Waals surface area contributed by atoms with Gasteiger partial charge in [0.15, 0.2) is 8.46 Å². The Bertz CT molecular complexity index is 564. The van der Waals surface area contributed by atoms with E-state index in [1.54, 1.807) is 6.66 Å². The van der Waals surface area contributed by atoms with Crippen LogP contribution in [0.4, 0.5) is 0 Å². The van der Waals surface area contributed by atoms with E-state index >= 15 is 0 Å². The lowest BCUT2D eigenvalue weighted by molar-refractivity contribution is 0.601. The molecule has 0 aliphatic rings. The zero-order valence-electron chi connectivity index (χ0n) is 11.0. The lowest BCUT2D eigenvalue weighted by Gasteiger charge is -2.04. The third-order valence-corrected chi connectivity index (χ3v) is 2.38. The van der Waals surface area contributed by atoms with Gasteiger partial charge in [0.05, 0.1) is 11.6 Å². The third kappa shape index (κ3) is 5.82. The van der Waals surface area contributed by atoms with Crippen molar-refractivity contribution in [3.8, 4) is 17.2 Å². The van der Waals surface area contributed by atoms with Gasteiger partial charge in [0, 0.05) is 15.1 Å². The van der Waals surface area contributed by atoms with Crippen LogP contribution in [0.1, 0.15) is 18.6 Å². The molecule has 2 nitrogen and oxygen atoms in total. The van der Waals surface area contributed by atoms with Crippen molar-refractivity contribution >= 4 is 16.9 Å². The SMILES string of the molecule is C.CP=O.Cc1ccc(C#N)c(-c2ccccc2)c1.[B]. The molecule has 0 aliphatic heterocycles. The maximum atomic E-state index is 9.02. The first-order valence-corrected chi connectivity index (χ1v) is 6.76. The Balaban J connectivity index is 0. The van der Waals surface area contributed by atoms with Gasteiger partial charge < -0.3 is 0 Å². The van der Waals surface area contributed by atoms with E-state index in [2.05, 4.69) is 6.07 Å². The third-order valence-electron chi connectivity index (χ3n) is 2.38. The molecule has 0 aromatic heterocycles. The molecular formula is C16H18BNOP. The van der Waals surface area contributed by atoms with Gasteiger partial charge in [0.1, 0.15) is 0 Å². The average Bonchev–Trinajstić information content (AvgIpc) is 2.40. The van der Waals surface area contributed by atoms with E-state index in [0.717, 1.165) is 16.7 Å². The van der Waals surface area contributed by atoms with Crippen molar-refractivity contribution in [2.45, 2.75) is 14.4 Å². The Morgan fingerprint density at radius 2 is 1.65 bits per heavy atom. The van der Waals surface area contributed by atoms with Crippen molar-refractivity contribution in [1.29, 1.82) is 5.26 Å². The lowest BCUT2D eigenvalue weighted by Crippen LogP contribution is -1.85. The molecule has 0 aliphatic carbocycles. The van der Waals surface area contributed by atoms with E-state index in [0.29, 0.717) is 0 Å². The lowest BCUT2D eigenvalue weighted by atomic mass is 9.98. The van der Waals surface area contributed by atoms with Crippen LogP contribution in [0.25, 0.3) is 11.1 Å². The minimum absolute atomic E-state index is 0. The zero-order chi connectivity index (χ0) is 13.4. The molecule has 0 heterocycles. The number of rotatable bonds is 1. The largest absolute Gasteiger partial charge is 0.275 e. The Kier molecular flexibility index (Phi) is 11.2. The summed E-state index contributed by atoms with van der Waals surface area (Å²) < 4.78 is 8.90. The van der Waals surface area contributed by atoms with Crippen molar-refractivity contribution in [2.75, 3.05) is 6.66 Å². The summed E-state index contributed by atoms with van der Waals surface area (Å²) >= 11 is 0. The quantitative estimate of drug-likeness (QED) is 0.562. The first kappa shape index (κ1) is 20.4. The van der Waals surface area contributed by atoms with Gasteiger partial charge in [0.2, 0.25) is 0 Å². The van der Waals surface area contributed by atoms with Crippen LogP contribution in [0.2, 0.25) is 0 Å². The minimum atomic E-state index is 0. The molecule has 4 heteroatoms. The van der Waals surface area contributed by atoms with Crippen LogP contribution in [0, 0.1) is 18.3 Å². The van der Waals surface area contributed by atoms with Crippen LogP contribution >= 0.6 is 8.46 Å². The highest BCUT2D eigenvalue weighted by molar-refractivity contribution is 7.22. The number of hydrogen-bond donors (Lipinski definition) is 0. The molecule has 2 aromatic rings. The van der Waals surface area contributed by atoms with Gasteiger partial charge >= 0.3 is 0 Å². The van der Waals surface area contributed by atoms with Crippen LogP contribution in [0.5, 0.6) is 0 Å². The van der Waals surface area contributed by atoms with Gasteiger partial charge in [-0.3, -0.25) is 4.57 Å². The highest BCUT2D eigenvalue weighted by Crippen LogP contribution is 2.23. The molecule has 101 valence electrons. The predicted octanol–water partition coefficient (Wildman–Crippen LogP) is 4.70. The second kappa shape index (κ2) is 11.0. The maximum absolute atomic E-state index is 9.02. The topological polar surface area (TPSA) is 40.9 Å². The molecule has 0 spiro atoms. The standard InChI is InChI=1S/C14H11N.CH3OP.CH4.B/c1-11-7-8-13(10-15)14(9-11)12-5-3-2-4-6-12;1-3-2;;/h2-9H,1H3;1H3;1H4;. The monoisotopic (exact) mass is 282 g/mol. The summed E-state index contributed by atoms with van der Waals surface area (Å²) in [6.07, 6.45) is 0. The number of hydrogen-bond acceptors (Lipinski definition) is 2. The van der Waals surface area contributed by atoms with Crippen LogP contribution in [-0.4, -0.2) is 15.1 Å². The van der Waals surface area contributed by atoms with E-state index in [1.165, 1.54) is 5.56 Å². The smallest absolute Gasteiger partial charge is 0.151 e. The number of benzene rings is 2. The summed E-state index contributed by atoms with van der Waals surface area (Å²) in [4.78, 5) is 0. The van der Waals surface area contributed by atoms with Crippen LogP contribution < -0.4 is 0 Å². The van der Waals surface area contributed by atoms with Crippen LogP contribution in [-0.2, 0) is 4.57 Å². The number of aryl methyl sites for hydroxylation is 1. The Morgan fingerprint density at radius 3 is 2.15 bits per heavy atom. The van der Waals surface area contributed by atoms with Crippen LogP contribution in [0.3, 0.4) is 0 Å². The normalized spacial score (nSPS) is 8.25. The van der Waals surface area contributed by atoms with E-state index in [-0.39, 0.29) is 24.3 Å². The van der Waals surface area contributed by atoms with Crippen molar-refractivity contribution in [3.63, 3.8) is 0 Å². The fraction of sp³-hybridized carbons (Fsp3) is 0.188. The highest BCUT2D eigenvalue weighted by atomic mass is 31.1. The molecule has 2 rings (SSSR count). The summed E-state index contributed by atoms with van der Waals surface area (Å²) in [6, 6.07) is 18.1. The molecule has 0 fully saturated rings. The molecule has 0 amide bonds. The van der Waals surface area contributed by atoms with Gasteiger partial charge in [-0.2, -0.15) is 5.26 Å². The molecular weight excluding hydrogens is 264 g/mol. The Labute approximate surface area is 125 Å². The van der Waals surface area contributed by atoms with Gasteiger partial charge in [-0.25, -0.2) is 0 Å². The van der Waals surface area contributed by atoms with Crippen molar-refractivity contribution in [1.82, 2.24) is 0 Å². The molecule has 0 bridgehead atoms. The maximum Gasteiger partial charge on any atom is 0.151 e. The number of nitrogens with zero attached hydrogens (tertiary/aromatic N) is 1. The molecule has 0 N–H and O–H groups in total. The first-order chi connectivity index (χ1) is 8.72.